The molecule has 0 amide bonds. The van der Waals surface area contributed by atoms with Crippen molar-refractivity contribution < 1.29 is 14.6 Å². The number of carbonyl (C=O) groups excluding carboxylic acids is 1. The average Bonchev–Trinajstić information content (AvgIpc) is 3.03. The Morgan fingerprint density at radius 3 is 2.74 bits per heavy atom. The number of halogens is 1. The summed E-state index contributed by atoms with van der Waals surface area (Å²) in [7, 11) is 0. The molecule has 0 spiro atoms. The molecule has 2 unspecified atom stereocenters. The van der Waals surface area contributed by atoms with Crippen molar-refractivity contribution in [1.82, 2.24) is 4.98 Å². The number of nitrogens with zero attached hydrogens (tertiary/aromatic N) is 1. The van der Waals surface area contributed by atoms with Crippen molar-refractivity contribution in [1.29, 1.82) is 0 Å². The monoisotopic (exact) mass is 451 g/mol. The third-order valence-corrected chi connectivity index (χ3v) is 6.44. The molecule has 2 atom stereocenters. The fourth-order valence-corrected chi connectivity index (χ4v) is 5.27. The molecule has 1 fully saturated rings. The number of aromatic nitrogens is 1. The van der Waals surface area contributed by atoms with Gasteiger partial charge in [0.25, 0.3) is 0 Å². The molecular formula is C21H26BrNO3S. The van der Waals surface area contributed by atoms with E-state index in [1.165, 1.54) is 11.3 Å². The van der Waals surface area contributed by atoms with Gasteiger partial charge in [-0.2, -0.15) is 0 Å². The van der Waals surface area contributed by atoms with Gasteiger partial charge in [0, 0.05) is 10.7 Å². The first-order chi connectivity index (χ1) is 12.6. The smallest absolute Gasteiger partial charge is 0.312 e. The molecule has 1 saturated carbocycles. The molecule has 1 aromatic heterocycles. The molecule has 0 radical (unpaired) electrons. The van der Waals surface area contributed by atoms with Gasteiger partial charge in [-0.3, -0.25) is 4.79 Å². The van der Waals surface area contributed by atoms with Crippen LogP contribution in [0, 0.1) is 12.8 Å². The number of aliphatic hydroxyl groups is 1. The lowest BCUT2D eigenvalue weighted by atomic mass is 9.75. The van der Waals surface area contributed by atoms with Gasteiger partial charge in [0.1, 0.15) is 16.2 Å². The average molecular weight is 452 g/mol. The maximum Gasteiger partial charge on any atom is 0.312 e. The number of hydrogen-bond acceptors (Lipinski definition) is 5. The fraction of sp³-hybridized carbons (Fsp3) is 0.524. The van der Waals surface area contributed by atoms with Gasteiger partial charge in [-0.05, 0) is 63.8 Å². The summed E-state index contributed by atoms with van der Waals surface area (Å²) >= 11 is 4.99. The van der Waals surface area contributed by atoms with Crippen LogP contribution in [-0.2, 0) is 15.1 Å². The Morgan fingerprint density at radius 1 is 1.33 bits per heavy atom. The Morgan fingerprint density at radius 2 is 2.07 bits per heavy atom. The van der Waals surface area contributed by atoms with Crippen LogP contribution in [0.2, 0.25) is 0 Å². The first-order valence-corrected chi connectivity index (χ1v) is 10.9. The molecule has 1 aliphatic carbocycles. The van der Waals surface area contributed by atoms with Crippen molar-refractivity contribution in [2.45, 2.75) is 64.6 Å². The minimum atomic E-state index is -1.26. The Labute approximate surface area is 173 Å². The topological polar surface area (TPSA) is 59.4 Å². The number of thiazole rings is 1. The maximum absolute atomic E-state index is 12.8. The fourth-order valence-electron chi connectivity index (χ4n) is 3.58. The summed E-state index contributed by atoms with van der Waals surface area (Å²) in [4.78, 5) is 18.3. The number of aryl methyl sites for hydroxylation is 1. The molecule has 3 rings (SSSR count). The number of ether oxygens (including phenoxy) is 1. The van der Waals surface area contributed by atoms with E-state index in [0.29, 0.717) is 17.8 Å². The summed E-state index contributed by atoms with van der Waals surface area (Å²) in [5.41, 5.74) is 0.373. The second-order valence-electron chi connectivity index (χ2n) is 8.30. The van der Waals surface area contributed by atoms with Crippen LogP contribution in [0.5, 0.6) is 0 Å². The largest absolute Gasteiger partial charge is 0.460 e. The van der Waals surface area contributed by atoms with Gasteiger partial charge >= 0.3 is 5.97 Å². The van der Waals surface area contributed by atoms with E-state index in [9.17, 15) is 9.90 Å². The Hall–Kier alpha value is -1.24. The van der Waals surface area contributed by atoms with E-state index in [1.807, 2.05) is 33.8 Å². The van der Waals surface area contributed by atoms with E-state index in [4.69, 9.17) is 4.74 Å². The molecule has 27 heavy (non-hydrogen) atoms. The molecule has 0 bridgehead atoms. The first kappa shape index (κ1) is 20.5. The van der Waals surface area contributed by atoms with Gasteiger partial charge in [-0.25, -0.2) is 4.98 Å². The zero-order chi connectivity index (χ0) is 19.8. The Bertz CT molecular complexity index is 822. The molecule has 1 heterocycles. The van der Waals surface area contributed by atoms with Gasteiger partial charge in [-0.15, -0.1) is 11.3 Å². The van der Waals surface area contributed by atoms with Gasteiger partial charge in [0.2, 0.25) is 0 Å². The van der Waals surface area contributed by atoms with Crippen molar-refractivity contribution in [3.63, 3.8) is 0 Å². The molecule has 0 saturated heterocycles. The normalized spacial score (nSPS) is 23.3. The SMILES string of the molecule is Cc1cc(Br)cc(-c2cnc(C3(O)CCCCC3C(=O)OC(C)(C)C)s2)c1. The molecule has 1 N–H and O–H groups in total. The zero-order valence-electron chi connectivity index (χ0n) is 16.2. The predicted octanol–water partition coefficient (Wildman–Crippen LogP) is 5.60. The van der Waals surface area contributed by atoms with Crippen molar-refractivity contribution in [3.05, 3.63) is 39.4 Å². The van der Waals surface area contributed by atoms with Crippen molar-refractivity contribution in [2.24, 2.45) is 5.92 Å². The lowest BCUT2D eigenvalue weighted by Gasteiger charge is -2.38. The van der Waals surface area contributed by atoms with Gasteiger partial charge < -0.3 is 9.84 Å². The van der Waals surface area contributed by atoms with E-state index < -0.39 is 17.1 Å². The summed E-state index contributed by atoms with van der Waals surface area (Å²) < 4.78 is 6.60. The number of esters is 1. The van der Waals surface area contributed by atoms with Gasteiger partial charge in [0.05, 0.1) is 10.8 Å². The number of carbonyl (C=O) groups is 1. The zero-order valence-corrected chi connectivity index (χ0v) is 18.6. The summed E-state index contributed by atoms with van der Waals surface area (Å²) in [5.74, 6) is -0.909. The highest BCUT2D eigenvalue weighted by Crippen LogP contribution is 2.45. The summed E-state index contributed by atoms with van der Waals surface area (Å²) in [5, 5.41) is 12.1. The first-order valence-electron chi connectivity index (χ1n) is 9.27. The molecule has 146 valence electrons. The van der Waals surface area contributed by atoms with Crippen LogP contribution in [0.1, 0.15) is 57.0 Å². The lowest BCUT2D eigenvalue weighted by molar-refractivity contribution is -0.175. The van der Waals surface area contributed by atoms with E-state index >= 15 is 0 Å². The van der Waals surface area contributed by atoms with E-state index in [2.05, 4.69) is 33.0 Å². The number of hydrogen-bond donors (Lipinski definition) is 1. The van der Waals surface area contributed by atoms with Crippen LogP contribution < -0.4 is 0 Å². The molecule has 4 nitrogen and oxygen atoms in total. The summed E-state index contributed by atoms with van der Waals surface area (Å²) in [6.45, 7) is 7.60. The highest BCUT2D eigenvalue weighted by atomic mass is 79.9. The molecule has 0 aliphatic heterocycles. The van der Waals surface area contributed by atoms with Gasteiger partial charge in [-0.1, -0.05) is 34.8 Å². The Kier molecular flexibility index (Phi) is 5.80. The van der Waals surface area contributed by atoms with Crippen LogP contribution in [0.25, 0.3) is 10.4 Å². The van der Waals surface area contributed by atoms with Gasteiger partial charge in [0.15, 0.2) is 0 Å². The molecule has 2 aromatic rings. The second kappa shape index (κ2) is 7.64. The standard InChI is InChI=1S/C21H26BrNO3S/c1-13-9-14(11-15(22)10-13)17-12-23-19(27-17)21(25)8-6-5-7-16(21)18(24)26-20(2,3)4/h9-12,16,25H,5-8H2,1-4H3. The summed E-state index contributed by atoms with van der Waals surface area (Å²) in [6, 6.07) is 6.19. The van der Waals surface area contributed by atoms with Crippen LogP contribution in [0.3, 0.4) is 0 Å². The number of benzene rings is 1. The van der Waals surface area contributed by atoms with Crippen molar-refractivity contribution in [3.8, 4) is 10.4 Å². The van der Waals surface area contributed by atoms with E-state index in [-0.39, 0.29) is 5.97 Å². The molecule has 1 aromatic carbocycles. The minimum Gasteiger partial charge on any atom is -0.460 e. The van der Waals surface area contributed by atoms with Crippen molar-refractivity contribution >= 4 is 33.2 Å². The highest BCUT2D eigenvalue weighted by Gasteiger charge is 2.48. The predicted molar refractivity (Wildman–Crippen MR) is 112 cm³/mol. The highest BCUT2D eigenvalue weighted by molar-refractivity contribution is 9.10. The minimum absolute atomic E-state index is 0.334. The molecule has 1 aliphatic rings. The van der Waals surface area contributed by atoms with Crippen molar-refractivity contribution in [2.75, 3.05) is 0 Å². The van der Waals surface area contributed by atoms with Crippen LogP contribution in [0.15, 0.2) is 28.9 Å². The van der Waals surface area contributed by atoms with E-state index in [0.717, 1.165) is 33.3 Å². The van der Waals surface area contributed by atoms with Crippen LogP contribution in [-0.4, -0.2) is 21.7 Å². The Balaban J connectivity index is 1.93. The third-order valence-electron chi connectivity index (χ3n) is 4.77. The maximum atomic E-state index is 12.8. The second-order valence-corrected chi connectivity index (χ2v) is 10.2. The lowest BCUT2D eigenvalue weighted by Crippen LogP contribution is -2.44. The van der Waals surface area contributed by atoms with E-state index in [1.54, 1.807) is 6.20 Å². The summed E-state index contributed by atoms with van der Waals surface area (Å²) in [6.07, 6.45) is 4.73. The molecular weight excluding hydrogens is 426 g/mol. The molecule has 6 heteroatoms. The van der Waals surface area contributed by atoms with Crippen LogP contribution in [0.4, 0.5) is 0 Å². The third kappa shape index (κ3) is 4.61. The van der Waals surface area contributed by atoms with Crippen LogP contribution >= 0.6 is 27.3 Å². The number of rotatable bonds is 3. The quantitative estimate of drug-likeness (QED) is 0.616.